The minimum absolute atomic E-state index is 0.0745. The predicted molar refractivity (Wildman–Crippen MR) is 136 cm³/mol. The summed E-state index contributed by atoms with van der Waals surface area (Å²) in [6.45, 7) is 4.95. The van der Waals surface area contributed by atoms with Crippen LogP contribution in [0, 0.1) is 0 Å². The average molecular weight is 578 g/mol. The van der Waals surface area contributed by atoms with Crippen LogP contribution >= 0.6 is 31.9 Å². The number of halogens is 2. The van der Waals surface area contributed by atoms with Crippen LogP contribution in [-0.2, 0) is 0 Å². The van der Waals surface area contributed by atoms with Crippen LogP contribution in [0.25, 0.3) is 21.9 Å². The molecule has 0 aliphatic rings. The maximum atomic E-state index is 12.0. The van der Waals surface area contributed by atoms with E-state index in [1.165, 1.54) is 13.2 Å². The molecule has 2 heterocycles. The van der Waals surface area contributed by atoms with Crippen molar-refractivity contribution in [3.63, 3.8) is 0 Å². The van der Waals surface area contributed by atoms with E-state index < -0.39 is 0 Å². The molecule has 4 rings (SSSR count). The summed E-state index contributed by atoms with van der Waals surface area (Å²) in [5.74, 6) is -0.201. The van der Waals surface area contributed by atoms with Gasteiger partial charge in [0, 0.05) is 63.0 Å². The summed E-state index contributed by atoms with van der Waals surface area (Å²) in [4.78, 5) is 35.1. The lowest BCUT2D eigenvalue weighted by molar-refractivity contribution is 0.0952. The molecule has 0 atom stereocenters. The monoisotopic (exact) mass is 576 g/mol. The van der Waals surface area contributed by atoms with Crippen molar-refractivity contribution < 1.29 is 23.2 Å². The molecule has 172 valence electrons. The third-order valence-electron chi connectivity index (χ3n) is 5.04. The van der Waals surface area contributed by atoms with E-state index in [0.29, 0.717) is 56.4 Å². The molecule has 0 saturated heterocycles. The lowest BCUT2D eigenvalue weighted by atomic mass is 10.0. The number of nitrogens with two attached hydrogens (primary N) is 2. The van der Waals surface area contributed by atoms with E-state index in [1.807, 2.05) is 13.0 Å². The molecule has 0 radical (unpaired) electrons. The number of furan rings is 2. The minimum Gasteiger partial charge on any atom is -0.463 e. The van der Waals surface area contributed by atoms with Gasteiger partial charge in [-0.3, -0.25) is 14.4 Å². The van der Waals surface area contributed by atoms with Crippen LogP contribution in [-0.4, -0.2) is 17.3 Å². The van der Waals surface area contributed by atoms with Crippen molar-refractivity contribution in [2.45, 2.75) is 33.6 Å². The Kier molecular flexibility index (Phi) is 7.44. The van der Waals surface area contributed by atoms with Crippen LogP contribution in [0.1, 0.15) is 64.9 Å². The van der Waals surface area contributed by atoms with Crippen LogP contribution < -0.4 is 11.5 Å². The fourth-order valence-electron chi connectivity index (χ4n) is 3.30. The summed E-state index contributed by atoms with van der Waals surface area (Å²) < 4.78 is 12.2. The third-order valence-corrected chi connectivity index (χ3v) is 6.41. The lowest BCUT2D eigenvalue weighted by Crippen LogP contribution is -2.03. The van der Waals surface area contributed by atoms with Crippen molar-refractivity contribution in [2.24, 2.45) is 0 Å². The molecular formula is C24H22Br2N2O5. The molecule has 9 heteroatoms. The first-order chi connectivity index (χ1) is 15.6. The molecular weight excluding hydrogens is 556 g/mol. The first-order valence-electron chi connectivity index (χ1n) is 10.1. The summed E-state index contributed by atoms with van der Waals surface area (Å²) in [7, 11) is 0. The first-order valence-corrected chi connectivity index (χ1v) is 11.7. The molecule has 0 fully saturated rings. The standard InChI is InChI=1S/C13H12BrNO3.C11H10BrNO2/c1-3-10(17)12-7-4-8(14)9(15)5-11(7)18-13(12)6(2)16;1-2-10(14)7-5-15-11-4-9(13)8(12)3-6(7)11/h4-5H,3,15H2,1-2H3;3-5H,2,13H2,1H3. The molecule has 33 heavy (non-hydrogen) atoms. The van der Waals surface area contributed by atoms with Gasteiger partial charge in [0.15, 0.2) is 23.1 Å². The Morgan fingerprint density at radius 3 is 1.94 bits per heavy atom. The number of carbonyl (C=O) groups excluding carboxylic acids is 3. The molecule has 0 amide bonds. The normalized spacial score (nSPS) is 10.8. The zero-order chi connectivity index (χ0) is 24.4. The third kappa shape index (κ3) is 4.89. The number of rotatable bonds is 5. The van der Waals surface area contributed by atoms with Gasteiger partial charge in [-0.15, -0.1) is 0 Å². The van der Waals surface area contributed by atoms with Crippen molar-refractivity contribution in [3.05, 3.63) is 56.4 Å². The molecule has 0 bridgehead atoms. The number of benzene rings is 2. The van der Waals surface area contributed by atoms with E-state index in [4.69, 9.17) is 20.3 Å². The van der Waals surface area contributed by atoms with E-state index in [-0.39, 0.29) is 23.1 Å². The second-order valence-corrected chi connectivity index (χ2v) is 9.01. The van der Waals surface area contributed by atoms with Gasteiger partial charge in [-0.05, 0) is 44.0 Å². The van der Waals surface area contributed by atoms with Gasteiger partial charge in [0.25, 0.3) is 0 Å². The molecule has 0 aliphatic carbocycles. The molecule has 2 aromatic heterocycles. The summed E-state index contributed by atoms with van der Waals surface area (Å²) in [6, 6.07) is 6.85. The number of carbonyl (C=O) groups is 3. The van der Waals surface area contributed by atoms with Gasteiger partial charge < -0.3 is 20.3 Å². The van der Waals surface area contributed by atoms with Crippen LogP contribution in [0.2, 0.25) is 0 Å². The van der Waals surface area contributed by atoms with Crippen LogP contribution in [0.15, 0.2) is 48.3 Å². The second-order valence-electron chi connectivity index (χ2n) is 7.30. The molecule has 0 aliphatic heterocycles. The Bertz CT molecular complexity index is 1400. The topological polar surface area (TPSA) is 130 Å². The van der Waals surface area contributed by atoms with E-state index >= 15 is 0 Å². The molecule has 0 spiro atoms. The quantitative estimate of drug-likeness (QED) is 0.194. The van der Waals surface area contributed by atoms with Crippen molar-refractivity contribution in [2.75, 3.05) is 11.5 Å². The predicted octanol–water partition coefficient (Wildman–Crippen LogP) is 6.94. The number of fused-ring (bicyclic) bond motifs is 2. The van der Waals surface area contributed by atoms with Crippen molar-refractivity contribution in [3.8, 4) is 0 Å². The van der Waals surface area contributed by atoms with Crippen molar-refractivity contribution in [1.82, 2.24) is 0 Å². The molecule has 2 aromatic carbocycles. The Morgan fingerprint density at radius 1 is 0.848 bits per heavy atom. The Hall–Kier alpha value is -2.91. The maximum Gasteiger partial charge on any atom is 0.195 e. The molecule has 4 N–H and O–H groups in total. The van der Waals surface area contributed by atoms with Gasteiger partial charge in [0.05, 0.1) is 11.1 Å². The largest absolute Gasteiger partial charge is 0.463 e. The van der Waals surface area contributed by atoms with E-state index in [0.717, 1.165) is 9.86 Å². The van der Waals surface area contributed by atoms with Crippen LogP contribution in [0.5, 0.6) is 0 Å². The zero-order valence-corrected chi connectivity index (χ0v) is 21.4. The number of nitrogen functional groups attached to an aromatic ring is 2. The molecule has 0 unspecified atom stereocenters. The Morgan fingerprint density at radius 2 is 1.39 bits per heavy atom. The molecule has 0 saturated carbocycles. The van der Waals surface area contributed by atoms with Gasteiger partial charge in [0.2, 0.25) is 0 Å². The van der Waals surface area contributed by atoms with Gasteiger partial charge in [0.1, 0.15) is 17.4 Å². The number of hydrogen-bond acceptors (Lipinski definition) is 7. The van der Waals surface area contributed by atoms with E-state index in [1.54, 1.807) is 25.1 Å². The van der Waals surface area contributed by atoms with Crippen LogP contribution in [0.4, 0.5) is 11.4 Å². The zero-order valence-electron chi connectivity index (χ0n) is 18.3. The fraction of sp³-hybridized carbons (Fsp3) is 0.208. The number of Topliss-reactive ketones (excluding diaryl/α,β-unsaturated/α-hetero) is 3. The highest BCUT2D eigenvalue weighted by Gasteiger charge is 2.23. The Labute approximate surface area is 206 Å². The van der Waals surface area contributed by atoms with Gasteiger partial charge in [-0.2, -0.15) is 0 Å². The van der Waals surface area contributed by atoms with Gasteiger partial charge in [-0.25, -0.2) is 0 Å². The van der Waals surface area contributed by atoms with Crippen molar-refractivity contribution >= 4 is 82.5 Å². The minimum atomic E-state index is -0.266. The second kappa shape index (κ2) is 9.93. The first kappa shape index (κ1) is 24.7. The van der Waals surface area contributed by atoms with Crippen LogP contribution in [0.3, 0.4) is 0 Å². The highest BCUT2D eigenvalue weighted by atomic mass is 79.9. The van der Waals surface area contributed by atoms with E-state index in [2.05, 4.69) is 31.9 Å². The average Bonchev–Trinajstić information content (AvgIpc) is 3.35. The molecule has 7 nitrogen and oxygen atoms in total. The van der Waals surface area contributed by atoms with E-state index in [9.17, 15) is 14.4 Å². The summed E-state index contributed by atoms with van der Waals surface area (Å²) in [6.07, 6.45) is 2.27. The smallest absolute Gasteiger partial charge is 0.195 e. The molecule has 4 aromatic rings. The summed E-state index contributed by atoms with van der Waals surface area (Å²) in [5, 5.41) is 1.43. The highest BCUT2D eigenvalue weighted by molar-refractivity contribution is 9.11. The highest BCUT2D eigenvalue weighted by Crippen LogP contribution is 2.33. The fourth-order valence-corrected chi connectivity index (χ4v) is 3.99. The maximum absolute atomic E-state index is 12.0. The SMILES string of the molecule is CCC(=O)c1c(C(C)=O)oc2cc(N)c(Br)cc12.CCC(=O)c1coc2cc(N)c(Br)cc12. The van der Waals surface area contributed by atoms with Gasteiger partial charge >= 0.3 is 0 Å². The number of ketones is 3. The Balaban J connectivity index is 0.000000189. The number of hydrogen-bond donors (Lipinski definition) is 2. The van der Waals surface area contributed by atoms with Gasteiger partial charge in [-0.1, -0.05) is 13.8 Å². The van der Waals surface area contributed by atoms with Crippen molar-refractivity contribution in [1.29, 1.82) is 0 Å². The lowest BCUT2D eigenvalue weighted by Gasteiger charge is -1.99. The summed E-state index contributed by atoms with van der Waals surface area (Å²) in [5.41, 5.74) is 14.6. The summed E-state index contributed by atoms with van der Waals surface area (Å²) >= 11 is 6.63. The number of anilines is 2.